The summed E-state index contributed by atoms with van der Waals surface area (Å²) in [6.45, 7) is 1.88. The van der Waals surface area contributed by atoms with Crippen molar-refractivity contribution in [1.82, 2.24) is 4.90 Å². The van der Waals surface area contributed by atoms with Gasteiger partial charge >= 0.3 is 0 Å². The second-order valence-corrected chi connectivity index (χ2v) is 4.21. The summed E-state index contributed by atoms with van der Waals surface area (Å²) in [5.74, 6) is 0.144. The fourth-order valence-electron chi connectivity index (χ4n) is 2.18. The van der Waals surface area contributed by atoms with Gasteiger partial charge in [-0.05, 0) is 18.6 Å². The predicted molar refractivity (Wildman–Crippen MR) is 67.8 cm³/mol. The van der Waals surface area contributed by atoms with E-state index in [1.165, 1.54) is 12.0 Å². The molecular formula is C13H16N2O3. The molecule has 1 heterocycles. The van der Waals surface area contributed by atoms with Gasteiger partial charge in [0.25, 0.3) is 5.91 Å². The molecule has 0 bridgehead atoms. The first kappa shape index (κ1) is 12.4. The van der Waals surface area contributed by atoms with Crippen molar-refractivity contribution in [3.8, 4) is 5.75 Å². The molecule has 96 valence electrons. The fraction of sp³-hybridized carbons (Fsp3) is 0.385. The number of rotatable bonds is 2. The van der Waals surface area contributed by atoms with Crippen molar-refractivity contribution in [2.24, 2.45) is 0 Å². The highest BCUT2D eigenvalue weighted by Crippen LogP contribution is 2.32. The lowest BCUT2D eigenvalue weighted by atomic mass is 10.1. The summed E-state index contributed by atoms with van der Waals surface area (Å²) in [7, 11) is 3.16. The number of methoxy groups -OCH3 is 1. The van der Waals surface area contributed by atoms with E-state index in [0.717, 1.165) is 0 Å². The normalized spacial score (nSPS) is 19.1. The van der Waals surface area contributed by atoms with Crippen molar-refractivity contribution in [3.63, 3.8) is 0 Å². The number of hydrogen-bond donors (Lipinski definition) is 1. The monoisotopic (exact) mass is 248 g/mol. The third kappa shape index (κ3) is 1.81. The number of fused-ring (bicyclic) bond motifs is 1. The largest absolute Gasteiger partial charge is 0.495 e. The molecule has 5 nitrogen and oxygen atoms in total. The van der Waals surface area contributed by atoms with Gasteiger partial charge in [-0.2, -0.15) is 0 Å². The number of ether oxygens (including phenoxy) is 1. The molecule has 1 aliphatic heterocycles. The van der Waals surface area contributed by atoms with Gasteiger partial charge in [-0.3, -0.25) is 9.59 Å². The maximum Gasteiger partial charge on any atom is 0.256 e. The van der Waals surface area contributed by atoms with Gasteiger partial charge in [-0.1, -0.05) is 13.0 Å². The maximum atomic E-state index is 12.3. The summed E-state index contributed by atoms with van der Waals surface area (Å²) in [6, 6.07) is 4.70. The quantitative estimate of drug-likeness (QED) is 0.862. The van der Waals surface area contributed by atoms with Crippen molar-refractivity contribution in [1.29, 1.82) is 0 Å². The molecule has 0 radical (unpaired) electrons. The van der Waals surface area contributed by atoms with E-state index in [4.69, 9.17) is 4.74 Å². The zero-order chi connectivity index (χ0) is 13.3. The van der Waals surface area contributed by atoms with Crippen LogP contribution in [0, 0.1) is 0 Å². The zero-order valence-electron chi connectivity index (χ0n) is 10.7. The predicted octanol–water partition coefficient (Wildman–Crippen LogP) is 1.50. The number of carbonyl (C=O) groups is 2. The number of para-hydroxylation sites is 1. The Labute approximate surface area is 106 Å². The van der Waals surface area contributed by atoms with Crippen LogP contribution in [-0.4, -0.2) is 36.9 Å². The summed E-state index contributed by atoms with van der Waals surface area (Å²) >= 11 is 0. The minimum atomic E-state index is -0.449. The standard InChI is InChI=1S/C13H16N2O3/c1-4-9-12(16)14-11-8(13(17)15(9)2)6-5-7-10(11)18-3/h5-7,9H,4H2,1-3H3,(H,14,16)/t9-/m1/s1. The van der Waals surface area contributed by atoms with Gasteiger partial charge in [0.1, 0.15) is 11.8 Å². The Balaban J connectivity index is 2.56. The van der Waals surface area contributed by atoms with Crippen LogP contribution in [0.25, 0.3) is 0 Å². The third-order valence-electron chi connectivity index (χ3n) is 3.20. The number of amides is 2. The van der Waals surface area contributed by atoms with Crippen LogP contribution in [0.4, 0.5) is 5.69 Å². The van der Waals surface area contributed by atoms with E-state index in [1.807, 2.05) is 6.92 Å². The van der Waals surface area contributed by atoms with Crippen molar-refractivity contribution < 1.29 is 14.3 Å². The first-order chi connectivity index (χ1) is 8.60. The molecule has 1 aromatic carbocycles. The molecule has 1 atom stereocenters. The van der Waals surface area contributed by atoms with Crippen LogP contribution < -0.4 is 10.1 Å². The molecule has 0 fully saturated rings. The van der Waals surface area contributed by atoms with E-state index in [0.29, 0.717) is 23.4 Å². The first-order valence-corrected chi connectivity index (χ1v) is 5.85. The summed E-state index contributed by atoms with van der Waals surface area (Å²) in [6.07, 6.45) is 0.574. The number of likely N-dealkylation sites (N-methyl/N-ethyl adjacent to an activating group) is 1. The van der Waals surface area contributed by atoms with Gasteiger partial charge in [-0.25, -0.2) is 0 Å². The highest BCUT2D eigenvalue weighted by Gasteiger charge is 2.32. The highest BCUT2D eigenvalue weighted by atomic mass is 16.5. The van der Waals surface area contributed by atoms with E-state index in [-0.39, 0.29) is 11.8 Å². The topological polar surface area (TPSA) is 58.6 Å². The van der Waals surface area contributed by atoms with Gasteiger partial charge in [0, 0.05) is 7.05 Å². The number of nitrogens with one attached hydrogen (secondary N) is 1. The van der Waals surface area contributed by atoms with Crippen LogP contribution in [-0.2, 0) is 4.79 Å². The molecule has 0 unspecified atom stereocenters. The Morgan fingerprint density at radius 1 is 1.39 bits per heavy atom. The number of benzene rings is 1. The van der Waals surface area contributed by atoms with Crippen molar-refractivity contribution in [2.45, 2.75) is 19.4 Å². The second kappa shape index (κ2) is 4.68. The Hall–Kier alpha value is -2.04. The van der Waals surface area contributed by atoms with Crippen molar-refractivity contribution in [3.05, 3.63) is 23.8 Å². The van der Waals surface area contributed by atoms with Crippen LogP contribution in [0.15, 0.2) is 18.2 Å². The number of carbonyl (C=O) groups excluding carboxylic acids is 2. The number of hydrogen-bond acceptors (Lipinski definition) is 3. The van der Waals surface area contributed by atoms with Crippen molar-refractivity contribution >= 4 is 17.5 Å². The molecule has 0 saturated carbocycles. The lowest BCUT2D eigenvalue weighted by Crippen LogP contribution is -2.42. The fourth-order valence-corrected chi connectivity index (χ4v) is 2.18. The second-order valence-electron chi connectivity index (χ2n) is 4.21. The SMILES string of the molecule is CC[C@@H]1C(=O)Nc2c(OC)cccc2C(=O)N1C. The molecule has 2 rings (SSSR count). The molecule has 0 aliphatic carbocycles. The molecule has 2 amide bonds. The summed E-state index contributed by atoms with van der Waals surface area (Å²) < 4.78 is 5.18. The minimum absolute atomic E-state index is 0.172. The van der Waals surface area contributed by atoms with E-state index in [9.17, 15) is 9.59 Å². The molecule has 1 aliphatic rings. The highest BCUT2D eigenvalue weighted by molar-refractivity contribution is 6.10. The van der Waals surface area contributed by atoms with E-state index >= 15 is 0 Å². The summed E-state index contributed by atoms with van der Waals surface area (Å²) in [5, 5.41) is 2.78. The van der Waals surface area contributed by atoms with Gasteiger partial charge in [-0.15, -0.1) is 0 Å². The average molecular weight is 248 g/mol. The van der Waals surface area contributed by atoms with Crippen LogP contribution >= 0.6 is 0 Å². The van der Waals surface area contributed by atoms with E-state index in [2.05, 4.69) is 5.32 Å². The van der Waals surface area contributed by atoms with Crippen LogP contribution in [0.3, 0.4) is 0 Å². The molecule has 18 heavy (non-hydrogen) atoms. The molecule has 0 saturated heterocycles. The Kier molecular flexibility index (Phi) is 3.23. The molecule has 5 heteroatoms. The first-order valence-electron chi connectivity index (χ1n) is 5.85. The van der Waals surface area contributed by atoms with Gasteiger partial charge < -0.3 is 15.0 Å². The lowest BCUT2D eigenvalue weighted by Gasteiger charge is -2.22. The minimum Gasteiger partial charge on any atom is -0.495 e. The lowest BCUT2D eigenvalue weighted by molar-refractivity contribution is -0.120. The molecule has 1 aromatic rings. The van der Waals surface area contributed by atoms with Gasteiger partial charge in [0.2, 0.25) is 5.91 Å². The molecule has 1 N–H and O–H groups in total. The number of anilines is 1. The van der Waals surface area contributed by atoms with Gasteiger partial charge in [0.15, 0.2) is 0 Å². The molecular weight excluding hydrogens is 232 g/mol. The zero-order valence-corrected chi connectivity index (χ0v) is 10.7. The summed E-state index contributed by atoms with van der Waals surface area (Å²) in [5.41, 5.74) is 0.916. The van der Waals surface area contributed by atoms with Crippen LogP contribution in [0.5, 0.6) is 5.75 Å². The number of nitrogens with zero attached hydrogens (tertiary/aromatic N) is 1. The Morgan fingerprint density at radius 2 is 2.11 bits per heavy atom. The average Bonchev–Trinajstić information content (AvgIpc) is 2.46. The smallest absolute Gasteiger partial charge is 0.256 e. The summed E-state index contributed by atoms with van der Waals surface area (Å²) in [4.78, 5) is 25.8. The Morgan fingerprint density at radius 3 is 2.72 bits per heavy atom. The van der Waals surface area contributed by atoms with Crippen molar-refractivity contribution in [2.75, 3.05) is 19.5 Å². The Bertz CT molecular complexity index is 499. The van der Waals surface area contributed by atoms with Crippen LogP contribution in [0.1, 0.15) is 23.7 Å². The third-order valence-corrected chi connectivity index (χ3v) is 3.20. The van der Waals surface area contributed by atoms with E-state index < -0.39 is 6.04 Å². The van der Waals surface area contributed by atoms with Crippen LogP contribution in [0.2, 0.25) is 0 Å². The molecule has 0 aromatic heterocycles. The molecule has 0 spiro atoms. The van der Waals surface area contributed by atoms with Gasteiger partial charge in [0.05, 0.1) is 18.4 Å². The van der Waals surface area contributed by atoms with E-state index in [1.54, 1.807) is 25.2 Å². The maximum absolute atomic E-state index is 12.3.